The summed E-state index contributed by atoms with van der Waals surface area (Å²) in [6.45, 7) is 0. The Morgan fingerprint density at radius 3 is 2.39 bits per heavy atom. The summed E-state index contributed by atoms with van der Waals surface area (Å²) in [5, 5.41) is 2.45. The maximum Gasteiger partial charge on any atom is 0.205 e. The lowest BCUT2D eigenvalue weighted by Gasteiger charge is -2.07. The average molecular weight is 306 g/mol. The van der Waals surface area contributed by atoms with Crippen LogP contribution in [0.1, 0.15) is 11.3 Å². The van der Waals surface area contributed by atoms with E-state index in [1.54, 1.807) is 14.2 Å². The number of aryl methyl sites for hydroxylation is 1. The summed E-state index contributed by atoms with van der Waals surface area (Å²) in [4.78, 5) is 0. The molecule has 2 aromatic carbocycles. The normalized spacial score (nSPS) is 11.1. The van der Waals surface area contributed by atoms with E-state index in [1.807, 2.05) is 24.3 Å². The lowest BCUT2D eigenvalue weighted by Crippen LogP contribution is -2.31. The third-order valence-electron chi connectivity index (χ3n) is 3.91. The number of methoxy groups -OCH3 is 2. The molecule has 23 heavy (non-hydrogen) atoms. The highest BCUT2D eigenvalue weighted by atomic mass is 16.5. The molecule has 3 nitrogen and oxygen atoms in total. The molecule has 0 spiro atoms. The SMILES string of the molecule is COc1ccc(OC)c(C=Cc2cc3ccccc3c[n+]2C)c1. The van der Waals surface area contributed by atoms with Gasteiger partial charge in [-0.05, 0) is 35.7 Å². The van der Waals surface area contributed by atoms with E-state index in [0.717, 1.165) is 22.8 Å². The molecule has 116 valence electrons. The fourth-order valence-electron chi connectivity index (χ4n) is 2.61. The molecule has 1 heterocycles. The van der Waals surface area contributed by atoms with Crippen LogP contribution in [0.25, 0.3) is 22.9 Å². The summed E-state index contributed by atoms with van der Waals surface area (Å²) in [5.74, 6) is 1.64. The van der Waals surface area contributed by atoms with Crippen molar-refractivity contribution >= 4 is 22.9 Å². The van der Waals surface area contributed by atoms with Crippen molar-refractivity contribution < 1.29 is 14.0 Å². The van der Waals surface area contributed by atoms with Crippen LogP contribution in [0.3, 0.4) is 0 Å². The molecular weight excluding hydrogens is 286 g/mol. The molecule has 3 rings (SSSR count). The fourth-order valence-corrected chi connectivity index (χ4v) is 2.61. The van der Waals surface area contributed by atoms with Crippen LogP contribution in [-0.2, 0) is 7.05 Å². The maximum absolute atomic E-state index is 5.42. The van der Waals surface area contributed by atoms with Gasteiger partial charge in [0.1, 0.15) is 18.5 Å². The van der Waals surface area contributed by atoms with E-state index in [2.05, 4.69) is 54.2 Å². The number of nitrogens with zero attached hydrogens (tertiary/aromatic N) is 1. The number of hydrogen-bond donors (Lipinski definition) is 0. The zero-order valence-electron chi connectivity index (χ0n) is 13.6. The number of ether oxygens (including phenoxy) is 2. The molecule has 0 bridgehead atoms. The molecule has 3 heteroatoms. The Balaban J connectivity index is 2.01. The standard InChI is InChI=1S/C20H20NO2/c1-21-14-17-7-5-4-6-15(17)12-18(21)9-8-16-13-19(22-2)10-11-20(16)23-3/h4-14H,1-3H3/q+1. The molecule has 0 radical (unpaired) electrons. The van der Waals surface area contributed by atoms with E-state index >= 15 is 0 Å². The molecule has 0 aliphatic rings. The molecule has 0 N–H and O–H groups in total. The summed E-state index contributed by atoms with van der Waals surface area (Å²) >= 11 is 0. The Kier molecular flexibility index (Phi) is 4.29. The molecular formula is C20H20NO2+. The number of hydrogen-bond acceptors (Lipinski definition) is 2. The molecule has 0 saturated carbocycles. The van der Waals surface area contributed by atoms with Gasteiger partial charge < -0.3 is 9.47 Å². The minimum atomic E-state index is 0.813. The lowest BCUT2D eigenvalue weighted by molar-refractivity contribution is -0.671. The van der Waals surface area contributed by atoms with Crippen molar-refractivity contribution in [3.8, 4) is 11.5 Å². The first-order valence-corrected chi connectivity index (χ1v) is 7.50. The van der Waals surface area contributed by atoms with E-state index in [0.29, 0.717) is 0 Å². The molecule has 0 aliphatic carbocycles. The first kappa shape index (κ1) is 15.1. The van der Waals surface area contributed by atoms with Crippen LogP contribution in [0, 0.1) is 0 Å². The van der Waals surface area contributed by atoms with Crippen molar-refractivity contribution in [2.24, 2.45) is 7.05 Å². The topological polar surface area (TPSA) is 22.3 Å². The summed E-state index contributed by atoms with van der Waals surface area (Å²) in [5.41, 5.74) is 2.11. The second-order valence-electron chi connectivity index (χ2n) is 5.38. The molecule has 0 aliphatic heterocycles. The number of benzene rings is 2. The quantitative estimate of drug-likeness (QED) is 0.683. The van der Waals surface area contributed by atoms with Crippen LogP contribution < -0.4 is 14.0 Å². The van der Waals surface area contributed by atoms with E-state index in [-0.39, 0.29) is 0 Å². The van der Waals surface area contributed by atoms with E-state index in [1.165, 1.54) is 10.8 Å². The van der Waals surface area contributed by atoms with E-state index in [9.17, 15) is 0 Å². The predicted octanol–water partition coefficient (Wildman–Crippen LogP) is 3.85. The van der Waals surface area contributed by atoms with Crippen LogP contribution in [0.4, 0.5) is 0 Å². The minimum absolute atomic E-state index is 0.813. The minimum Gasteiger partial charge on any atom is -0.497 e. The first-order valence-electron chi connectivity index (χ1n) is 7.50. The Morgan fingerprint density at radius 1 is 0.870 bits per heavy atom. The molecule has 0 unspecified atom stereocenters. The monoisotopic (exact) mass is 306 g/mol. The van der Waals surface area contributed by atoms with Crippen LogP contribution in [0.2, 0.25) is 0 Å². The third kappa shape index (κ3) is 3.19. The van der Waals surface area contributed by atoms with Crippen LogP contribution in [-0.4, -0.2) is 14.2 Å². The van der Waals surface area contributed by atoms with Gasteiger partial charge in [-0.1, -0.05) is 18.2 Å². The second kappa shape index (κ2) is 6.53. The van der Waals surface area contributed by atoms with Gasteiger partial charge >= 0.3 is 0 Å². The van der Waals surface area contributed by atoms with E-state index < -0.39 is 0 Å². The highest BCUT2D eigenvalue weighted by Gasteiger charge is 2.07. The Hall–Kier alpha value is -2.81. The highest BCUT2D eigenvalue weighted by Crippen LogP contribution is 2.25. The number of fused-ring (bicyclic) bond motifs is 1. The van der Waals surface area contributed by atoms with E-state index in [4.69, 9.17) is 9.47 Å². The number of pyridine rings is 1. The van der Waals surface area contributed by atoms with Crippen molar-refractivity contribution in [1.82, 2.24) is 0 Å². The van der Waals surface area contributed by atoms with Crippen LogP contribution in [0.15, 0.2) is 54.7 Å². The summed E-state index contributed by atoms with van der Waals surface area (Å²) in [6.07, 6.45) is 6.27. The van der Waals surface area contributed by atoms with Crippen LogP contribution in [0.5, 0.6) is 11.5 Å². The van der Waals surface area contributed by atoms with Crippen molar-refractivity contribution in [3.05, 3.63) is 66.0 Å². The van der Waals surface area contributed by atoms with Crippen LogP contribution >= 0.6 is 0 Å². The van der Waals surface area contributed by atoms with Crippen molar-refractivity contribution in [1.29, 1.82) is 0 Å². The highest BCUT2D eigenvalue weighted by molar-refractivity contribution is 5.83. The Bertz CT molecular complexity index is 869. The molecule has 0 saturated heterocycles. The van der Waals surface area contributed by atoms with Gasteiger partial charge in [0.05, 0.1) is 14.2 Å². The molecule has 3 aromatic rings. The van der Waals surface area contributed by atoms with Gasteiger partial charge in [-0.25, -0.2) is 4.57 Å². The zero-order chi connectivity index (χ0) is 16.2. The Morgan fingerprint density at radius 2 is 1.65 bits per heavy atom. The molecule has 0 fully saturated rings. The van der Waals surface area contributed by atoms with Gasteiger partial charge in [-0.15, -0.1) is 0 Å². The van der Waals surface area contributed by atoms with Gasteiger partial charge in [0, 0.05) is 23.1 Å². The number of aromatic nitrogens is 1. The van der Waals surface area contributed by atoms with Gasteiger partial charge in [0.2, 0.25) is 5.69 Å². The summed E-state index contributed by atoms with van der Waals surface area (Å²) < 4.78 is 12.8. The lowest BCUT2D eigenvalue weighted by atomic mass is 10.1. The second-order valence-corrected chi connectivity index (χ2v) is 5.38. The fraction of sp³-hybridized carbons (Fsp3) is 0.150. The average Bonchev–Trinajstić information content (AvgIpc) is 2.59. The number of rotatable bonds is 4. The van der Waals surface area contributed by atoms with Crippen molar-refractivity contribution in [3.63, 3.8) is 0 Å². The van der Waals surface area contributed by atoms with Crippen molar-refractivity contribution in [2.45, 2.75) is 0 Å². The largest absolute Gasteiger partial charge is 0.497 e. The smallest absolute Gasteiger partial charge is 0.205 e. The summed E-state index contributed by atoms with van der Waals surface area (Å²) in [6, 6.07) is 16.3. The molecule has 1 aromatic heterocycles. The maximum atomic E-state index is 5.42. The van der Waals surface area contributed by atoms with Gasteiger partial charge in [-0.2, -0.15) is 0 Å². The molecule has 0 amide bonds. The predicted molar refractivity (Wildman–Crippen MR) is 93.6 cm³/mol. The zero-order valence-corrected chi connectivity index (χ0v) is 13.6. The van der Waals surface area contributed by atoms with Gasteiger partial charge in [-0.3, -0.25) is 0 Å². The first-order chi connectivity index (χ1) is 11.2. The third-order valence-corrected chi connectivity index (χ3v) is 3.91. The van der Waals surface area contributed by atoms with Crippen molar-refractivity contribution in [2.75, 3.05) is 14.2 Å². The van der Waals surface area contributed by atoms with Gasteiger partial charge in [0.25, 0.3) is 0 Å². The van der Waals surface area contributed by atoms with Gasteiger partial charge in [0.15, 0.2) is 6.20 Å². The summed E-state index contributed by atoms with van der Waals surface area (Å²) in [7, 11) is 5.39. The molecule has 0 atom stereocenters. The Labute approximate surface area is 136 Å².